The van der Waals surface area contributed by atoms with E-state index in [4.69, 9.17) is 15.2 Å². The number of aryl methyl sites for hydroxylation is 1. The lowest BCUT2D eigenvalue weighted by Gasteiger charge is -2.29. The first-order valence-electron chi connectivity index (χ1n) is 13.5. The Morgan fingerprint density at radius 3 is 2.66 bits per heavy atom. The van der Waals surface area contributed by atoms with Gasteiger partial charge in [0.25, 0.3) is 5.91 Å². The monoisotopic (exact) mass is 574 g/mol. The molecule has 1 atom stereocenters. The number of hydrogen-bond donors (Lipinski definition) is 1. The van der Waals surface area contributed by atoms with Crippen molar-refractivity contribution in [3.05, 3.63) is 77.4 Å². The minimum absolute atomic E-state index is 0.0292. The van der Waals surface area contributed by atoms with E-state index in [1.54, 1.807) is 48.4 Å². The van der Waals surface area contributed by atoms with Gasteiger partial charge in [-0.1, -0.05) is 18.2 Å². The van der Waals surface area contributed by atoms with E-state index in [0.717, 1.165) is 48.1 Å². The number of halogens is 1. The number of imidazole rings is 1. The first kappa shape index (κ1) is 27.0. The largest absolute Gasteiger partial charge is 0.487 e. The molecule has 1 aliphatic rings. The summed E-state index contributed by atoms with van der Waals surface area (Å²) in [6.45, 7) is 3.58. The summed E-state index contributed by atoms with van der Waals surface area (Å²) in [5, 5.41) is 4.95. The summed E-state index contributed by atoms with van der Waals surface area (Å²) in [5.74, 6) is -0.573. The van der Waals surface area contributed by atoms with E-state index >= 15 is 4.39 Å². The van der Waals surface area contributed by atoms with Gasteiger partial charge in [0.1, 0.15) is 34.2 Å². The maximum atomic E-state index is 15.6. The van der Waals surface area contributed by atoms with Crippen LogP contribution < -0.4 is 15.2 Å². The number of amides is 1. The van der Waals surface area contributed by atoms with E-state index in [0.29, 0.717) is 16.3 Å². The second-order valence-electron chi connectivity index (χ2n) is 10.4. The Balaban J connectivity index is 1.25. The first-order chi connectivity index (χ1) is 19.8. The number of ether oxygens (including phenoxy) is 2. The molecule has 41 heavy (non-hydrogen) atoms. The van der Waals surface area contributed by atoms with Crippen molar-refractivity contribution in [1.29, 1.82) is 0 Å². The Hall–Kier alpha value is -4.22. The molecule has 6 rings (SSSR count). The van der Waals surface area contributed by atoms with Crippen LogP contribution in [0.25, 0.3) is 27.2 Å². The number of thiophene rings is 1. The molecule has 3 aromatic heterocycles. The molecule has 0 spiro atoms. The molecule has 1 amide bonds. The number of carbonyl (C=O) groups excluding carboxylic acids is 1. The summed E-state index contributed by atoms with van der Waals surface area (Å²) >= 11 is 1.20. The number of carbonyl (C=O) groups is 1. The number of primary amides is 1. The number of nitrogens with two attached hydrogens (primary N) is 1. The molecule has 1 fully saturated rings. The lowest BCUT2D eigenvalue weighted by molar-refractivity contribution is 0.0997. The molecule has 0 aliphatic carbocycles. The Morgan fingerprint density at radius 1 is 1.12 bits per heavy atom. The topological polar surface area (TPSA) is 100 Å². The average molecular weight is 575 g/mol. The van der Waals surface area contributed by atoms with Crippen LogP contribution >= 0.6 is 11.3 Å². The molecule has 2 N–H and O–H groups in total. The van der Waals surface area contributed by atoms with Crippen molar-refractivity contribution in [2.45, 2.75) is 32.0 Å². The van der Waals surface area contributed by atoms with Crippen LogP contribution in [-0.4, -0.2) is 56.4 Å². The summed E-state index contributed by atoms with van der Waals surface area (Å²) in [4.78, 5) is 19.4. The Bertz CT molecular complexity index is 1720. The minimum atomic E-state index is -0.696. The summed E-state index contributed by atoms with van der Waals surface area (Å²) in [6, 6.07) is 12.8. The van der Waals surface area contributed by atoms with Crippen molar-refractivity contribution in [2.24, 2.45) is 12.8 Å². The molecule has 9 nitrogen and oxygen atoms in total. The van der Waals surface area contributed by atoms with Gasteiger partial charge in [0.15, 0.2) is 11.6 Å². The smallest absolute Gasteiger partial charge is 0.262 e. The third kappa shape index (κ3) is 5.42. The highest BCUT2D eigenvalue weighted by atomic mass is 32.1. The van der Waals surface area contributed by atoms with Crippen LogP contribution in [0.3, 0.4) is 0 Å². The van der Waals surface area contributed by atoms with Crippen LogP contribution in [0.5, 0.6) is 11.5 Å². The van der Waals surface area contributed by atoms with Gasteiger partial charge >= 0.3 is 0 Å². The Kier molecular flexibility index (Phi) is 7.22. The molecular weight excluding hydrogens is 543 g/mol. The minimum Gasteiger partial charge on any atom is -0.487 e. The van der Waals surface area contributed by atoms with Crippen molar-refractivity contribution in [3.63, 3.8) is 0 Å². The van der Waals surface area contributed by atoms with Crippen molar-refractivity contribution in [2.75, 3.05) is 20.1 Å². The van der Waals surface area contributed by atoms with Gasteiger partial charge in [0.2, 0.25) is 0 Å². The molecule has 5 aromatic rings. The van der Waals surface area contributed by atoms with E-state index in [-0.39, 0.29) is 16.7 Å². The predicted molar refractivity (Wildman–Crippen MR) is 156 cm³/mol. The third-order valence-electron chi connectivity index (χ3n) is 7.43. The van der Waals surface area contributed by atoms with Crippen molar-refractivity contribution < 1.29 is 18.7 Å². The third-order valence-corrected chi connectivity index (χ3v) is 8.56. The van der Waals surface area contributed by atoms with Crippen LogP contribution in [0.2, 0.25) is 0 Å². The molecule has 0 radical (unpaired) electrons. The quantitative estimate of drug-likeness (QED) is 0.269. The molecule has 0 saturated carbocycles. The van der Waals surface area contributed by atoms with Crippen LogP contribution in [0.15, 0.2) is 61.2 Å². The number of aromatic nitrogens is 4. The van der Waals surface area contributed by atoms with Gasteiger partial charge in [-0.15, -0.1) is 11.3 Å². The van der Waals surface area contributed by atoms with Gasteiger partial charge < -0.3 is 20.1 Å². The molecular formula is C30H31FN6O3S. The number of likely N-dealkylation sites (tertiary alicyclic amines) is 1. The Labute approximate surface area is 240 Å². The molecule has 4 heterocycles. The molecule has 1 unspecified atom stereocenters. The SMILES string of the molecule is CC(Oc1cc(-n2cnc3cc(-c4cnn(C)c4)ccc32)sc1C(N)=O)c1cccc(OC2CCN(C)CC2)c1F. The van der Waals surface area contributed by atoms with Gasteiger partial charge in [-0.2, -0.15) is 5.10 Å². The van der Waals surface area contributed by atoms with E-state index < -0.39 is 17.8 Å². The second-order valence-corrected chi connectivity index (χ2v) is 11.4. The average Bonchev–Trinajstić information content (AvgIpc) is 3.69. The van der Waals surface area contributed by atoms with Crippen molar-refractivity contribution >= 4 is 28.3 Å². The summed E-state index contributed by atoms with van der Waals surface area (Å²) in [6.07, 6.45) is 6.42. The maximum absolute atomic E-state index is 15.6. The standard InChI is InChI=1S/C30H31FN6O3S/c1-18(22-5-4-6-25(28(22)31)40-21-9-11-35(2)12-10-21)39-26-14-27(41-29(26)30(32)38)37-17-33-23-13-19(7-8-24(23)37)20-15-34-36(3)16-20/h4-8,13-18,21H,9-12H2,1-3H3,(H2,32,38). The highest BCUT2D eigenvalue weighted by Crippen LogP contribution is 2.37. The van der Waals surface area contributed by atoms with Crippen LogP contribution in [0.4, 0.5) is 4.39 Å². The number of piperidine rings is 1. The second kappa shape index (κ2) is 11.0. The van der Waals surface area contributed by atoms with Gasteiger partial charge in [0.05, 0.1) is 17.2 Å². The fourth-order valence-corrected chi connectivity index (χ4v) is 6.07. The van der Waals surface area contributed by atoms with E-state index in [1.807, 2.05) is 36.0 Å². The highest BCUT2D eigenvalue weighted by Gasteiger charge is 2.24. The zero-order valence-electron chi connectivity index (χ0n) is 23.1. The lowest BCUT2D eigenvalue weighted by atomic mass is 10.1. The number of hydrogen-bond acceptors (Lipinski definition) is 7. The van der Waals surface area contributed by atoms with Gasteiger partial charge in [-0.05, 0) is 50.6 Å². The maximum Gasteiger partial charge on any atom is 0.262 e. The summed E-state index contributed by atoms with van der Waals surface area (Å²) < 4.78 is 31.4. The fourth-order valence-electron chi connectivity index (χ4n) is 5.15. The molecule has 2 aromatic carbocycles. The van der Waals surface area contributed by atoms with Gasteiger partial charge in [-0.25, -0.2) is 9.37 Å². The lowest BCUT2D eigenvalue weighted by Crippen LogP contribution is -2.35. The molecule has 1 aliphatic heterocycles. The number of nitrogens with zero attached hydrogens (tertiary/aromatic N) is 5. The van der Waals surface area contributed by atoms with Gasteiger partial charge in [-0.3, -0.25) is 14.0 Å². The zero-order valence-corrected chi connectivity index (χ0v) is 23.9. The van der Waals surface area contributed by atoms with Crippen molar-refractivity contribution in [1.82, 2.24) is 24.2 Å². The number of benzene rings is 2. The van der Waals surface area contributed by atoms with E-state index in [2.05, 4.69) is 22.0 Å². The van der Waals surface area contributed by atoms with Crippen LogP contribution in [0.1, 0.15) is 41.1 Å². The Morgan fingerprint density at radius 2 is 1.93 bits per heavy atom. The molecule has 212 valence electrons. The normalized spacial score (nSPS) is 15.3. The molecule has 11 heteroatoms. The van der Waals surface area contributed by atoms with Crippen molar-refractivity contribution in [3.8, 4) is 27.6 Å². The van der Waals surface area contributed by atoms with Crippen LogP contribution in [0, 0.1) is 5.82 Å². The molecule has 1 saturated heterocycles. The summed E-state index contributed by atoms with van der Waals surface area (Å²) in [7, 11) is 3.95. The first-order valence-corrected chi connectivity index (χ1v) is 14.3. The molecule has 0 bridgehead atoms. The fraction of sp³-hybridized carbons (Fsp3) is 0.300. The van der Waals surface area contributed by atoms with E-state index in [1.165, 1.54) is 11.3 Å². The van der Waals surface area contributed by atoms with Gasteiger partial charge in [0, 0.05) is 43.5 Å². The van der Waals surface area contributed by atoms with Crippen LogP contribution in [-0.2, 0) is 7.05 Å². The highest BCUT2D eigenvalue weighted by molar-refractivity contribution is 7.16. The predicted octanol–water partition coefficient (Wildman–Crippen LogP) is 5.34. The summed E-state index contributed by atoms with van der Waals surface area (Å²) in [5.41, 5.74) is 9.71. The number of rotatable bonds is 8. The zero-order chi connectivity index (χ0) is 28.7. The van der Waals surface area contributed by atoms with E-state index in [9.17, 15) is 4.79 Å². The number of fused-ring (bicyclic) bond motifs is 1.